The number of nitrogens with zero attached hydrogens (tertiary/aromatic N) is 2. The summed E-state index contributed by atoms with van der Waals surface area (Å²) in [5.41, 5.74) is 3.95. The Morgan fingerprint density at radius 2 is 2.17 bits per heavy atom. The Kier molecular flexibility index (Phi) is 2.82. The quantitative estimate of drug-likeness (QED) is 0.856. The Labute approximate surface area is 112 Å². The van der Waals surface area contributed by atoms with Gasteiger partial charge in [-0.2, -0.15) is 5.10 Å². The second-order valence-electron chi connectivity index (χ2n) is 5.15. The summed E-state index contributed by atoms with van der Waals surface area (Å²) in [4.78, 5) is 0. The van der Waals surface area contributed by atoms with Crippen LogP contribution in [0.2, 0.25) is 0 Å². The van der Waals surface area contributed by atoms with Crippen molar-refractivity contribution in [1.29, 1.82) is 0 Å². The molecule has 0 saturated heterocycles. The molecule has 2 aromatic rings. The van der Waals surface area contributed by atoms with E-state index in [1.807, 2.05) is 0 Å². The molecule has 1 N–H and O–H groups in total. The van der Waals surface area contributed by atoms with Gasteiger partial charge in [-0.25, -0.2) is 0 Å². The van der Waals surface area contributed by atoms with Crippen LogP contribution in [0.4, 0.5) is 0 Å². The molecule has 0 spiro atoms. The maximum absolute atomic E-state index is 5.31. The fourth-order valence-electron chi connectivity index (χ4n) is 2.33. The summed E-state index contributed by atoms with van der Waals surface area (Å²) in [5.74, 6) is 1.07. The molecule has 0 radical (unpaired) electrons. The summed E-state index contributed by atoms with van der Waals surface area (Å²) >= 11 is 5.31. The van der Waals surface area contributed by atoms with Gasteiger partial charge in [0.15, 0.2) is 4.77 Å². The van der Waals surface area contributed by atoms with Crippen molar-refractivity contribution < 1.29 is 0 Å². The average molecular weight is 259 g/mol. The van der Waals surface area contributed by atoms with Gasteiger partial charge in [0.25, 0.3) is 0 Å². The summed E-state index contributed by atoms with van der Waals surface area (Å²) in [6.45, 7) is 4.28. The highest BCUT2D eigenvalue weighted by Gasteiger charge is 2.27. The van der Waals surface area contributed by atoms with Crippen molar-refractivity contribution in [3.8, 4) is 0 Å². The molecular formula is C14H17N3S. The standard InChI is InChI=1S/C14H17N3S/c1-9-3-4-10(2)11(7-9)8-13-15-16-14(18)17(13)12-5-6-12/h3-4,7,12H,5-6,8H2,1-2H3,(H,16,18). The molecule has 1 aliphatic rings. The zero-order valence-electron chi connectivity index (χ0n) is 10.7. The molecule has 1 aromatic heterocycles. The lowest BCUT2D eigenvalue weighted by atomic mass is 10.0. The van der Waals surface area contributed by atoms with E-state index < -0.39 is 0 Å². The molecule has 18 heavy (non-hydrogen) atoms. The summed E-state index contributed by atoms with van der Waals surface area (Å²) in [5, 5.41) is 7.32. The Bertz CT molecular complexity index is 635. The van der Waals surface area contributed by atoms with Crippen molar-refractivity contribution >= 4 is 12.2 Å². The molecule has 0 amide bonds. The summed E-state index contributed by atoms with van der Waals surface area (Å²) in [6, 6.07) is 7.14. The number of aromatic amines is 1. The first-order valence-corrected chi connectivity index (χ1v) is 6.78. The molecule has 1 aliphatic carbocycles. The van der Waals surface area contributed by atoms with E-state index in [2.05, 4.69) is 46.8 Å². The first-order chi connectivity index (χ1) is 8.65. The number of aromatic nitrogens is 3. The maximum atomic E-state index is 5.31. The zero-order chi connectivity index (χ0) is 12.7. The van der Waals surface area contributed by atoms with Crippen LogP contribution in [0.1, 0.15) is 41.4 Å². The van der Waals surface area contributed by atoms with E-state index in [0.717, 1.165) is 17.0 Å². The lowest BCUT2D eigenvalue weighted by Crippen LogP contribution is -2.04. The molecule has 0 aliphatic heterocycles. The largest absolute Gasteiger partial charge is 0.301 e. The smallest absolute Gasteiger partial charge is 0.195 e. The van der Waals surface area contributed by atoms with Crippen molar-refractivity contribution in [2.45, 2.75) is 39.2 Å². The molecule has 0 bridgehead atoms. The third-order valence-corrected chi connectivity index (χ3v) is 3.83. The lowest BCUT2D eigenvalue weighted by Gasteiger charge is -2.08. The molecule has 1 aromatic carbocycles. The molecule has 0 atom stereocenters. The summed E-state index contributed by atoms with van der Waals surface area (Å²) in [7, 11) is 0. The Morgan fingerprint density at radius 1 is 1.39 bits per heavy atom. The predicted octanol–water partition coefficient (Wildman–Crippen LogP) is 3.48. The maximum Gasteiger partial charge on any atom is 0.195 e. The number of H-pyrrole nitrogens is 1. The molecule has 3 nitrogen and oxygen atoms in total. The Hall–Kier alpha value is -1.42. The molecular weight excluding hydrogens is 242 g/mol. The SMILES string of the molecule is Cc1ccc(C)c(Cc2n[nH]c(=S)n2C2CC2)c1. The van der Waals surface area contributed by atoms with Gasteiger partial charge in [0.1, 0.15) is 5.82 Å². The van der Waals surface area contributed by atoms with E-state index in [4.69, 9.17) is 12.2 Å². The van der Waals surface area contributed by atoms with Crippen LogP contribution in [-0.4, -0.2) is 14.8 Å². The Balaban J connectivity index is 1.97. The minimum Gasteiger partial charge on any atom is -0.301 e. The van der Waals surface area contributed by atoms with E-state index in [0.29, 0.717) is 6.04 Å². The monoisotopic (exact) mass is 259 g/mol. The van der Waals surface area contributed by atoms with E-state index in [9.17, 15) is 0 Å². The molecule has 1 heterocycles. The number of hydrogen-bond donors (Lipinski definition) is 1. The number of rotatable bonds is 3. The summed E-state index contributed by atoms with van der Waals surface area (Å²) in [6.07, 6.45) is 3.32. The number of benzene rings is 1. The second kappa shape index (κ2) is 4.35. The fraction of sp³-hybridized carbons (Fsp3) is 0.429. The predicted molar refractivity (Wildman–Crippen MR) is 74.4 cm³/mol. The van der Waals surface area contributed by atoms with Gasteiger partial charge in [-0.1, -0.05) is 23.8 Å². The van der Waals surface area contributed by atoms with Crippen LogP contribution in [0.15, 0.2) is 18.2 Å². The average Bonchev–Trinajstić information content (AvgIpc) is 3.10. The van der Waals surface area contributed by atoms with Crippen LogP contribution < -0.4 is 0 Å². The van der Waals surface area contributed by atoms with E-state index >= 15 is 0 Å². The first kappa shape index (κ1) is 11.7. The van der Waals surface area contributed by atoms with Crippen molar-refractivity contribution in [1.82, 2.24) is 14.8 Å². The van der Waals surface area contributed by atoms with Crippen LogP contribution in [0.5, 0.6) is 0 Å². The molecule has 4 heteroatoms. The second-order valence-corrected chi connectivity index (χ2v) is 5.54. The van der Waals surface area contributed by atoms with Gasteiger partial charge in [0.05, 0.1) is 0 Å². The van der Waals surface area contributed by atoms with Crippen molar-refractivity contribution in [3.63, 3.8) is 0 Å². The van der Waals surface area contributed by atoms with E-state index in [1.165, 1.54) is 29.5 Å². The van der Waals surface area contributed by atoms with Gasteiger partial charge < -0.3 is 4.57 Å². The van der Waals surface area contributed by atoms with Gasteiger partial charge in [-0.15, -0.1) is 0 Å². The topological polar surface area (TPSA) is 33.6 Å². The van der Waals surface area contributed by atoms with Gasteiger partial charge in [-0.3, -0.25) is 5.10 Å². The highest BCUT2D eigenvalue weighted by atomic mass is 32.1. The van der Waals surface area contributed by atoms with Gasteiger partial charge >= 0.3 is 0 Å². The van der Waals surface area contributed by atoms with Gasteiger partial charge in [-0.05, 0) is 50.0 Å². The molecule has 1 saturated carbocycles. The fourth-order valence-corrected chi connectivity index (χ4v) is 2.63. The van der Waals surface area contributed by atoms with Crippen LogP contribution in [-0.2, 0) is 6.42 Å². The first-order valence-electron chi connectivity index (χ1n) is 6.37. The van der Waals surface area contributed by atoms with E-state index in [1.54, 1.807) is 0 Å². The molecule has 1 fully saturated rings. The van der Waals surface area contributed by atoms with Crippen molar-refractivity contribution in [3.05, 3.63) is 45.5 Å². The highest BCUT2D eigenvalue weighted by Crippen LogP contribution is 2.36. The minimum atomic E-state index is 0.580. The Morgan fingerprint density at radius 3 is 2.89 bits per heavy atom. The van der Waals surface area contributed by atoms with E-state index in [-0.39, 0.29) is 0 Å². The van der Waals surface area contributed by atoms with Crippen LogP contribution in [0.25, 0.3) is 0 Å². The molecule has 3 rings (SSSR count). The van der Waals surface area contributed by atoms with Crippen molar-refractivity contribution in [2.24, 2.45) is 0 Å². The molecule has 0 unspecified atom stereocenters. The normalized spacial score (nSPS) is 15.0. The van der Waals surface area contributed by atoms with Gasteiger partial charge in [0.2, 0.25) is 0 Å². The third kappa shape index (κ3) is 2.12. The van der Waals surface area contributed by atoms with Crippen molar-refractivity contribution in [2.75, 3.05) is 0 Å². The highest BCUT2D eigenvalue weighted by molar-refractivity contribution is 7.71. The zero-order valence-corrected chi connectivity index (χ0v) is 11.5. The number of hydrogen-bond acceptors (Lipinski definition) is 2. The van der Waals surface area contributed by atoms with Crippen LogP contribution in [0.3, 0.4) is 0 Å². The third-order valence-electron chi connectivity index (χ3n) is 3.54. The van der Waals surface area contributed by atoms with Gasteiger partial charge in [0, 0.05) is 12.5 Å². The minimum absolute atomic E-state index is 0.580. The lowest BCUT2D eigenvalue weighted by molar-refractivity contribution is 0.685. The summed E-state index contributed by atoms with van der Waals surface area (Å²) < 4.78 is 2.95. The molecule has 94 valence electrons. The van der Waals surface area contributed by atoms with Crippen LogP contribution >= 0.6 is 12.2 Å². The van der Waals surface area contributed by atoms with Crippen LogP contribution in [0, 0.1) is 18.6 Å². The number of aryl methyl sites for hydroxylation is 2. The number of nitrogens with one attached hydrogen (secondary N) is 1.